The topological polar surface area (TPSA) is 45.2 Å². The first-order valence-electron chi connectivity index (χ1n) is 5.72. The molecule has 0 atom stereocenters. The van der Waals surface area contributed by atoms with Crippen molar-refractivity contribution in [3.63, 3.8) is 0 Å². The van der Waals surface area contributed by atoms with E-state index in [-0.39, 0.29) is 16.8 Å². The van der Waals surface area contributed by atoms with Crippen molar-refractivity contribution in [3.05, 3.63) is 28.0 Å². The zero-order valence-electron chi connectivity index (χ0n) is 10.7. The molecule has 0 radical (unpaired) electrons. The number of amides is 1. The van der Waals surface area contributed by atoms with E-state index in [1.807, 2.05) is 7.05 Å². The molecule has 0 aliphatic heterocycles. The van der Waals surface area contributed by atoms with Crippen LogP contribution >= 0.6 is 23.2 Å². The van der Waals surface area contributed by atoms with E-state index in [4.69, 9.17) is 23.2 Å². The fourth-order valence-corrected chi connectivity index (χ4v) is 1.60. The van der Waals surface area contributed by atoms with Crippen molar-refractivity contribution >= 4 is 29.1 Å². The molecule has 1 amide bonds. The molecular formula is C12H17Cl2N3O. The smallest absolute Gasteiger partial charge is 0.271 e. The molecule has 0 aliphatic rings. The Labute approximate surface area is 117 Å². The lowest BCUT2D eigenvalue weighted by Gasteiger charge is -2.20. The number of likely N-dealkylation sites (N-methyl/N-ethyl adjacent to an activating group) is 1. The van der Waals surface area contributed by atoms with Gasteiger partial charge in [0.05, 0.1) is 5.02 Å². The molecule has 1 aromatic heterocycles. The Balaban J connectivity index is 2.53. The number of hydrogen-bond donors (Lipinski definition) is 1. The van der Waals surface area contributed by atoms with Crippen molar-refractivity contribution in [2.24, 2.45) is 0 Å². The normalized spacial score (nSPS) is 11.1. The minimum atomic E-state index is -0.306. The average molecular weight is 290 g/mol. The van der Waals surface area contributed by atoms with Crippen LogP contribution in [0.25, 0.3) is 0 Å². The monoisotopic (exact) mass is 289 g/mol. The van der Waals surface area contributed by atoms with Crippen molar-refractivity contribution in [1.29, 1.82) is 0 Å². The zero-order valence-corrected chi connectivity index (χ0v) is 12.2. The Morgan fingerprint density at radius 1 is 1.44 bits per heavy atom. The van der Waals surface area contributed by atoms with Crippen molar-refractivity contribution in [2.45, 2.75) is 19.9 Å². The highest BCUT2D eigenvalue weighted by Gasteiger charge is 2.12. The molecule has 6 heteroatoms. The molecule has 4 nitrogen and oxygen atoms in total. The van der Waals surface area contributed by atoms with E-state index >= 15 is 0 Å². The number of pyridine rings is 1. The van der Waals surface area contributed by atoms with E-state index in [0.29, 0.717) is 17.6 Å². The number of aromatic nitrogens is 1. The van der Waals surface area contributed by atoms with Gasteiger partial charge in [-0.05, 0) is 33.0 Å². The highest BCUT2D eigenvalue weighted by atomic mass is 35.5. The van der Waals surface area contributed by atoms with Gasteiger partial charge in [-0.2, -0.15) is 0 Å². The number of hydrogen-bond acceptors (Lipinski definition) is 3. The Kier molecular flexibility index (Phi) is 5.85. The number of halogens is 2. The van der Waals surface area contributed by atoms with Gasteiger partial charge in [-0.3, -0.25) is 4.79 Å². The van der Waals surface area contributed by atoms with Gasteiger partial charge in [0.15, 0.2) is 0 Å². The van der Waals surface area contributed by atoms with E-state index < -0.39 is 0 Å². The van der Waals surface area contributed by atoms with Crippen LogP contribution in [0.3, 0.4) is 0 Å². The van der Waals surface area contributed by atoms with E-state index in [2.05, 4.69) is 29.0 Å². The first-order valence-corrected chi connectivity index (χ1v) is 6.48. The number of rotatable bonds is 5. The third kappa shape index (κ3) is 4.44. The van der Waals surface area contributed by atoms with E-state index in [0.717, 1.165) is 6.54 Å². The molecular weight excluding hydrogens is 273 g/mol. The van der Waals surface area contributed by atoms with Gasteiger partial charge < -0.3 is 10.2 Å². The molecule has 1 rings (SSSR count). The third-order valence-corrected chi connectivity index (χ3v) is 3.17. The molecule has 1 aromatic rings. The molecule has 0 saturated heterocycles. The van der Waals surface area contributed by atoms with Crippen molar-refractivity contribution in [1.82, 2.24) is 15.2 Å². The summed E-state index contributed by atoms with van der Waals surface area (Å²) in [6.07, 6.45) is 0. The lowest BCUT2D eigenvalue weighted by molar-refractivity contribution is 0.0943. The Morgan fingerprint density at radius 3 is 2.72 bits per heavy atom. The molecule has 0 aliphatic carbocycles. The van der Waals surface area contributed by atoms with Crippen LogP contribution in [-0.2, 0) is 0 Å². The summed E-state index contributed by atoms with van der Waals surface area (Å²) in [5.74, 6) is -0.306. The first-order chi connectivity index (χ1) is 8.41. The molecule has 100 valence electrons. The Bertz CT molecular complexity index is 424. The maximum absolute atomic E-state index is 11.8. The average Bonchev–Trinajstić information content (AvgIpc) is 2.31. The SMILES string of the molecule is CC(C)N(C)CCNC(=O)c1nc(Cl)ccc1Cl. The second-order valence-corrected chi connectivity index (χ2v) is 5.09. The molecule has 0 aromatic carbocycles. The van der Waals surface area contributed by atoms with Gasteiger partial charge in [0, 0.05) is 19.1 Å². The molecule has 0 spiro atoms. The van der Waals surface area contributed by atoms with E-state index in [1.165, 1.54) is 0 Å². The maximum Gasteiger partial charge on any atom is 0.271 e. The van der Waals surface area contributed by atoms with Crippen molar-refractivity contribution < 1.29 is 4.79 Å². The maximum atomic E-state index is 11.8. The molecule has 18 heavy (non-hydrogen) atoms. The van der Waals surface area contributed by atoms with Gasteiger partial charge in [0.1, 0.15) is 10.8 Å². The first kappa shape index (κ1) is 15.2. The van der Waals surface area contributed by atoms with Crippen LogP contribution in [0.15, 0.2) is 12.1 Å². The number of carbonyl (C=O) groups is 1. The fourth-order valence-electron chi connectivity index (χ4n) is 1.27. The van der Waals surface area contributed by atoms with Crippen LogP contribution in [0.1, 0.15) is 24.3 Å². The summed E-state index contributed by atoms with van der Waals surface area (Å²) in [6, 6.07) is 3.55. The van der Waals surface area contributed by atoms with Gasteiger partial charge in [0.2, 0.25) is 0 Å². The van der Waals surface area contributed by atoms with Crippen LogP contribution in [0.5, 0.6) is 0 Å². The zero-order chi connectivity index (χ0) is 13.7. The largest absolute Gasteiger partial charge is 0.349 e. The number of nitrogens with one attached hydrogen (secondary N) is 1. The predicted molar refractivity (Wildman–Crippen MR) is 74.4 cm³/mol. The van der Waals surface area contributed by atoms with Crippen LogP contribution < -0.4 is 5.32 Å². The lowest BCUT2D eigenvalue weighted by atomic mass is 10.3. The molecule has 1 heterocycles. The van der Waals surface area contributed by atoms with Gasteiger partial charge in [-0.1, -0.05) is 23.2 Å². The second kappa shape index (κ2) is 6.92. The third-order valence-electron chi connectivity index (χ3n) is 2.66. The Hall–Kier alpha value is -0.840. The van der Waals surface area contributed by atoms with Crippen LogP contribution in [-0.4, -0.2) is 42.0 Å². The fraction of sp³-hybridized carbons (Fsp3) is 0.500. The van der Waals surface area contributed by atoms with Crippen LogP contribution in [0.4, 0.5) is 0 Å². The van der Waals surface area contributed by atoms with Crippen molar-refractivity contribution in [2.75, 3.05) is 20.1 Å². The van der Waals surface area contributed by atoms with Gasteiger partial charge in [-0.15, -0.1) is 0 Å². The summed E-state index contributed by atoms with van der Waals surface area (Å²) in [5, 5.41) is 3.32. The Morgan fingerprint density at radius 2 is 2.11 bits per heavy atom. The minimum Gasteiger partial charge on any atom is -0.349 e. The minimum absolute atomic E-state index is 0.163. The molecule has 0 saturated carbocycles. The van der Waals surface area contributed by atoms with Gasteiger partial charge in [0.25, 0.3) is 5.91 Å². The molecule has 0 fully saturated rings. The summed E-state index contributed by atoms with van der Waals surface area (Å²) in [6.45, 7) is 5.49. The number of nitrogens with zero attached hydrogens (tertiary/aromatic N) is 2. The van der Waals surface area contributed by atoms with E-state index in [1.54, 1.807) is 12.1 Å². The standard InChI is InChI=1S/C12H17Cl2N3O/c1-8(2)17(3)7-6-15-12(18)11-9(13)4-5-10(14)16-11/h4-5,8H,6-7H2,1-3H3,(H,15,18). The lowest BCUT2D eigenvalue weighted by Crippen LogP contribution is -2.36. The van der Waals surface area contributed by atoms with E-state index in [9.17, 15) is 4.79 Å². The summed E-state index contributed by atoms with van der Waals surface area (Å²) in [5.41, 5.74) is 0.163. The number of carbonyl (C=O) groups excluding carboxylic acids is 1. The summed E-state index contributed by atoms with van der Waals surface area (Å²) in [7, 11) is 2.00. The molecule has 0 bridgehead atoms. The molecule has 1 N–H and O–H groups in total. The quantitative estimate of drug-likeness (QED) is 0.847. The van der Waals surface area contributed by atoms with Crippen LogP contribution in [0, 0.1) is 0 Å². The molecule has 0 unspecified atom stereocenters. The second-order valence-electron chi connectivity index (χ2n) is 4.29. The van der Waals surface area contributed by atoms with Gasteiger partial charge in [-0.25, -0.2) is 4.98 Å². The highest BCUT2D eigenvalue weighted by molar-refractivity contribution is 6.34. The highest BCUT2D eigenvalue weighted by Crippen LogP contribution is 2.16. The summed E-state index contributed by atoms with van der Waals surface area (Å²) >= 11 is 11.6. The van der Waals surface area contributed by atoms with Crippen molar-refractivity contribution in [3.8, 4) is 0 Å². The van der Waals surface area contributed by atoms with Gasteiger partial charge >= 0.3 is 0 Å². The summed E-state index contributed by atoms with van der Waals surface area (Å²) < 4.78 is 0. The van der Waals surface area contributed by atoms with Crippen LogP contribution in [0.2, 0.25) is 10.2 Å². The predicted octanol–water partition coefficient (Wildman–Crippen LogP) is 2.46. The summed E-state index contributed by atoms with van der Waals surface area (Å²) in [4.78, 5) is 17.9.